The molecule has 0 bridgehead atoms. The number of halogens is 2. The highest BCUT2D eigenvalue weighted by Crippen LogP contribution is 2.26. The highest BCUT2D eigenvalue weighted by atomic mass is 19.1. The third kappa shape index (κ3) is 6.35. The van der Waals surface area contributed by atoms with Crippen LogP contribution in [0.25, 0.3) is 0 Å². The fourth-order valence-corrected chi connectivity index (χ4v) is 2.88. The van der Waals surface area contributed by atoms with Gasteiger partial charge in [-0.1, -0.05) is 6.07 Å². The van der Waals surface area contributed by atoms with Crippen molar-refractivity contribution in [3.05, 3.63) is 29.8 Å². The molecule has 1 unspecified atom stereocenters. The van der Waals surface area contributed by atoms with Gasteiger partial charge in [0, 0.05) is 39.3 Å². The number of amides is 1. The van der Waals surface area contributed by atoms with Crippen LogP contribution in [-0.4, -0.2) is 64.3 Å². The molecule has 1 aromatic rings. The zero-order valence-electron chi connectivity index (χ0n) is 15.7. The van der Waals surface area contributed by atoms with Crippen LogP contribution >= 0.6 is 0 Å². The van der Waals surface area contributed by atoms with E-state index in [1.165, 1.54) is 18.2 Å². The van der Waals surface area contributed by atoms with Crippen LogP contribution < -0.4 is 20.9 Å². The molecule has 27 heavy (non-hydrogen) atoms. The van der Waals surface area contributed by atoms with Crippen LogP contribution in [0.1, 0.15) is 13.3 Å². The van der Waals surface area contributed by atoms with Crippen molar-refractivity contribution < 1.29 is 18.3 Å². The van der Waals surface area contributed by atoms with Crippen LogP contribution in [-0.2, 0) is 9.53 Å². The number of guanidine groups is 1. The number of para-hydroxylation sites is 1. The Kier molecular flexibility index (Phi) is 8.25. The highest BCUT2D eigenvalue weighted by Gasteiger charge is 2.27. The Labute approximate surface area is 158 Å². The second-order valence-electron chi connectivity index (χ2n) is 6.18. The molecule has 2 rings (SSSR count). The van der Waals surface area contributed by atoms with Crippen LogP contribution in [0.2, 0.25) is 0 Å². The maximum absolute atomic E-state index is 14.0. The first-order valence-electron chi connectivity index (χ1n) is 9.04. The number of nitrogens with zero attached hydrogens (tertiary/aromatic N) is 2. The Balaban J connectivity index is 1.91. The van der Waals surface area contributed by atoms with Gasteiger partial charge in [-0.25, -0.2) is 13.8 Å². The number of methoxy groups -OCH3 is 1. The Morgan fingerprint density at radius 3 is 2.74 bits per heavy atom. The predicted molar refractivity (Wildman–Crippen MR) is 101 cm³/mol. The largest absolute Gasteiger partial charge is 0.383 e. The van der Waals surface area contributed by atoms with Gasteiger partial charge in [-0.2, -0.15) is 0 Å². The van der Waals surface area contributed by atoms with E-state index in [2.05, 4.69) is 20.9 Å². The Morgan fingerprint density at radius 2 is 2.07 bits per heavy atom. The van der Waals surface area contributed by atoms with Crippen LogP contribution in [0.5, 0.6) is 0 Å². The normalized spacial score (nSPS) is 17.1. The van der Waals surface area contributed by atoms with E-state index in [1.807, 2.05) is 6.92 Å². The molecule has 1 aliphatic rings. The second-order valence-corrected chi connectivity index (χ2v) is 6.18. The fraction of sp³-hybridized carbons (Fsp3) is 0.556. The number of hydrogen-bond donors (Lipinski definition) is 3. The van der Waals surface area contributed by atoms with Gasteiger partial charge >= 0.3 is 0 Å². The minimum atomic E-state index is -0.566. The maximum atomic E-state index is 14.0. The standard InChI is InChI=1S/C18H27F2N5O2/c1-3-21-18(23-11-16(26)22-8-10-27-2)24-13-7-9-25(12-13)17-14(19)5-4-6-15(17)20/h4-6,13H,3,7-12H2,1-2H3,(H,22,26)(H2,21,23,24). The van der Waals surface area contributed by atoms with Gasteiger partial charge < -0.3 is 25.6 Å². The van der Waals surface area contributed by atoms with E-state index in [0.717, 1.165) is 0 Å². The Morgan fingerprint density at radius 1 is 1.33 bits per heavy atom. The number of benzene rings is 1. The lowest BCUT2D eigenvalue weighted by Crippen LogP contribution is -2.45. The molecule has 0 radical (unpaired) electrons. The van der Waals surface area contributed by atoms with E-state index in [0.29, 0.717) is 45.2 Å². The van der Waals surface area contributed by atoms with E-state index in [-0.39, 0.29) is 24.2 Å². The quantitative estimate of drug-likeness (QED) is 0.353. The van der Waals surface area contributed by atoms with Gasteiger partial charge in [-0.3, -0.25) is 4.79 Å². The SMILES string of the molecule is CCNC(=NCC(=O)NCCOC)NC1CCN(c2c(F)cccc2F)C1. The summed E-state index contributed by atoms with van der Waals surface area (Å²) in [7, 11) is 1.57. The summed E-state index contributed by atoms with van der Waals surface area (Å²) in [6.07, 6.45) is 0.707. The van der Waals surface area contributed by atoms with Crippen molar-refractivity contribution >= 4 is 17.6 Å². The molecule has 1 aromatic carbocycles. The van der Waals surface area contributed by atoms with Gasteiger partial charge in [0.25, 0.3) is 0 Å². The zero-order valence-corrected chi connectivity index (χ0v) is 15.7. The molecule has 1 heterocycles. The highest BCUT2D eigenvalue weighted by molar-refractivity contribution is 5.85. The smallest absolute Gasteiger partial charge is 0.241 e. The van der Waals surface area contributed by atoms with Crippen molar-refractivity contribution in [1.82, 2.24) is 16.0 Å². The molecule has 9 heteroatoms. The van der Waals surface area contributed by atoms with Crippen LogP contribution in [0.4, 0.5) is 14.5 Å². The molecule has 1 amide bonds. The average molecular weight is 383 g/mol. The van der Waals surface area contributed by atoms with E-state index in [9.17, 15) is 13.6 Å². The predicted octanol–water partition coefficient (Wildman–Crippen LogP) is 0.861. The first-order chi connectivity index (χ1) is 13.0. The van der Waals surface area contributed by atoms with Crippen LogP contribution in [0, 0.1) is 11.6 Å². The molecule has 0 aliphatic carbocycles. The topological polar surface area (TPSA) is 78.0 Å². The molecular formula is C18H27F2N5O2. The number of nitrogens with one attached hydrogen (secondary N) is 3. The number of carbonyl (C=O) groups is 1. The Bertz CT molecular complexity index is 636. The van der Waals surface area contributed by atoms with Gasteiger partial charge in [0.15, 0.2) is 5.96 Å². The minimum Gasteiger partial charge on any atom is -0.383 e. The maximum Gasteiger partial charge on any atom is 0.241 e. The third-order valence-corrected chi connectivity index (χ3v) is 4.14. The number of hydrogen-bond acceptors (Lipinski definition) is 4. The lowest BCUT2D eigenvalue weighted by Gasteiger charge is -2.21. The number of anilines is 1. The third-order valence-electron chi connectivity index (χ3n) is 4.14. The van der Waals surface area contributed by atoms with E-state index in [1.54, 1.807) is 12.0 Å². The van der Waals surface area contributed by atoms with E-state index >= 15 is 0 Å². The summed E-state index contributed by atoms with van der Waals surface area (Å²) in [6, 6.07) is 3.84. The molecule has 0 saturated carbocycles. The number of aliphatic imine (C=N–C) groups is 1. The molecular weight excluding hydrogens is 356 g/mol. The first-order valence-corrected chi connectivity index (χ1v) is 9.04. The molecule has 0 spiro atoms. The molecule has 1 aliphatic heterocycles. The summed E-state index contributed by atoms with van der Waals surface area (Å²) in [5.74, 6) is -0.834. The van der Waals surface area contributed by atoms with Gasteiger partial charge in [-0.05, 0) is 25.5 Å². The van der Waals surface area contributed by atoms with Gasteiger partial charge in [0.2, 0.25) is 5.91 Å². The fourth-order valence-electron chi connectivity index (χ4n) is 2.88. The first kappa shape index (κ1) is 20.9. The molecule has 1 fully saturated rings. The van der Waals surface area contributed by atoms with Gasteiger partial charge in [0.1, 0.15) is 23.9 Å². The summed E-state index contributed by atoms with van der Waals surface area (Å²) in [6.45, 7) is 4.39. The van der Waals surface area contributed by atoms with E-state index in [4.69, 9.17) is 4.74 Å². The molecule has 1 atom stereocenters. The van der Waals surface area contributed by atoms with Crippen LogP contribution in [0.15, 0.2) is 23.2 Å². The minimum absolute atomic E-state index is 0.00117. The Hall–Kier alpha value is -2.42. The number of carbonyl (C=O) groups excluding carboxylic acids is 1. The molecule has 7 nitrogen and oxygen atoms in total. The molecule has 1 saturated heterocycles. The summed E-state index contributed by atoms with van der Waals surface area (Å²) < 4.78 is 32.8. The van der Waals surface area contributed by atoms with Crippen molar-refractivity contribution in [3.8, 4) is 0 Å². The molecule has 0 aromatic heterocycles. The number of ether oxygens (including phenoxy) is 1. The average Bonchev–Trinajstić information content (AvgIpc) is 3.08. The van der Waals surface area contributed by atoms with Crippen molar-refractivity contribution in [1.29, 1.82) is 0 Å². The summed E-state index contributed by atoms with van der Waals surface area (Å²) in [4.78, 5) is 17.7. The van der Waals surface area contributed by atoms with Crippen LogP contribution in [0.3, 0.4) is 0 Å². The van der Waals surface area contributed by atoms with Crippen molar-refractivity contribution in [2.75, 3.05) is 51.3 Å². The van der Waals surface area contributed by atoms with Crippen molar-refractivity contribution in [2.24, 2.45) is 4.99 Å². The number of rotatable bonds is 8. The van der Waals surface area contributed by atoms with E-state index < -0.39 is 11.6 Å². The van der Waals surface area contributed by atoms with Gasteiger partial charge in [-0.15, -0.1) is 0 Å². The molecule has 3 N–H and O–H groups in total. The van der Waals surface area contributed by atoms with Crippen molar-refractivity contribution in [2.45, 2.75) is 19.4 Å². The zero-order chi connectivity index (χ0) is 19.6. The summed E-state index contributed by atoms with van der Waals surface area (Å²) >= 11 is 0. The monoisotopic (exact) mass is 383 g/mol. The lowest BCUT2D eigenvalue weighted by molar-refractivity contribution is -0.119. The van der Waals surface area contributed by atoms with Gasteiger partial charge in [0.05, 0.1) is 6.61 Å². The second kappa shape index (κ2) is 10.7. The molecule has 150 valence electrons. The summed E-state index contributed by atoms with van der Waals surface area (Å²) in [5.41, 5.74) is 0.00117. The lowest BCUT2D eigenvalue weighted by atomic mass is 10.2. The summed E-state index contributed by atoms with van der Waals surface area (Å²) in [5, 5.41) is 9.00. The van der Waals surface area contributed by atoms with Crippen molar-refractivity contribution in [3.63, 3.8) is 0 Å².